The number of hydrogen-bond donors (Lipinski definition) is 0. The van der Waals surface area contributed by atoms with E-state index in [4.69, 9.17) is 4.52 Å². The quantitative estimate of drug-likeness (QED) is 0.713. The zero-order valence-corrected chi connectivity index (χ0v) is 15.2. The Hall–Kier alpha value is -2.95. The minimum absolute atomic E-state index is 0.0771. The van der Waals surface area contributed by atoms with Crippen molar-refractivity contribution in [3.63, 3.8) is 0 Å². The predicted molar refractivity (Wildman–Crippen MR) is 100 cm³/mol. The van der Waals surface area contributed by atoms with Gasteiger partial charge < -0.3 is 9.42 Å². The zero-order valence-electron chi connectivity index (χ0n) is 15.2. The van der Waals surface area contributed by atoms with Gasteiger partial charge in [-0.05, 0) is 37.5 Å². The van der Waals surface area contributed by atoms with Crippen molar-refractivity contribution in [2.75, 3.05) is 11.4 Å². The van der Waals surface area contributed by atoms with Crippen LogP contribution in [0.15, 0.2) is 47.0 Å². The van der Waals surface area contributed by atoms with Crippen LogP contribution in [0.4, 0.5) is 5.69 Å². The summed E-state index contributed by atoms with van der Waals surface area (Å²) in [6.07, 6.45) is 0.392. The second-order valence-electron chi connectivity index (χ2n) is 6.92. The lowest BCUT2D eigenvalue weighted by molar-refractivity contribution is -0.117. The van der Waals surface area contributed by atoms with Gasteiger partial charge in [0.05, 0.1) is 5.92 Å². The van der Waals surface area contributed by atoms with E-state index in [0.717, 1.165) is 27.9 Å². The van der Waals surface area contributed by atoms with Crippen molar-refractivity contribution in [1.82, 2.24) is 10.1 Å². The van der Waals surface area contributed by atoms with Crippen LogP contribution in [0.1, 0.15) is 34.9 Å². The molecule has 1 fully saturated rings. The molecule has 0 radical (unpaired) electrons. The Morgan fingerprint density at radius 2 is 1.69 bits per heavy atom. The molecule has 1 aromatic heterocycles. The summed E-state index contributed by atoms with van der Waals surface area (Å²) >= 11 is 0. The SMILES string of the molecule is Cc1ccccc1-c1noc(C2CC(=O)N(c3c(C)cccc3C)C2)n1. The number of hydrogen-bond acceptors (Lipinski definition) is 4. The maximum Gasteiger partial charge on any atom is 0.232 e. The molecular formula is C21H21N3O2. The molecule has 1 aliphatic rings. The Kier molecular flexibility index (Phi) is 4.07. The van der Waals surface area contributed by atoms with Gasteiger partial charge in [-0.2, -0.15) is 4.98 Å². The highest BCUT2D eigenvalue weighted by Crippen LogP contribution is 2.35. The minimum atomic E-state index is -0.0771. The smallest absolute Gasteiger partial charge is 0.232 e. The van der Waals surface area contributed by atoms with E-state index in [1.165, 1.54) is 0 Å². The Balaban J connectivity index is 1.61. The number of anilines is 1. The Bertz CT molecular complexity index is 957. The molecule has 0 saturated carbocycles. The molecular weight excluding hydrogens is 326 g/mol. The number of rotatable bonds is 3. The van der Waals surface area contributed by atoms with Gasteiger partial charge in [-0.1, -0.05) is 47.6 Å². The first-order valence-electron chi connectivity index (χ1n) is 8.81. The van der Waals surface area contributed by atoms with Gasteiger partial charge in [0, 0.05) is 24.2 Å². The molecule has 3 aromatic rings. The molecule has 1 unspecified atom stereocenters. The van der Waals surface area contributed by atoms with E-state index < -0.39 is 0 Å². The molecule has 5 heteroatoms. The minimum Gasteiger partial charge on any atom is -0.339 e. The Morgan fingerprint density at radius 1 is 1.00 bits per heavy atom. The third-order valence-electron chi connectivity index (χ3n) is 5.01. The number of para-hydroxylation sites is 1. The van der Waals surface area contributed by atoms with E-state index in [2.05, 4.69) is 10.1 Å². The molecule has 4 rings (SSSR count). The Morgan fingerprint density at radius 3 is 2.42 bits per heavy atom. The molecule has 1 aliphatic heterocycles. The number of aryl methyl sites for hydroxylation is 3. The first-order chi connectivity index (χ1) is 12.5. The molecule has 1 amide bonds. The maximum absolute atomic E-state index is 12.6. The molecule has 1 atom stereocenters. The predicted octanol–water partition coefficient (Wildman–Crippen LogP) is 4.18. The first kappa shape index (κ1) is 16.5. The van der Waals surface area contributed by atoms with Crippen LogP contribution < -0.4 is 4.90 Å². The molecule has 0 N–H and O–H groups in total. The summed E-state index contributed by atoms with van der Waals surface area (Å²) in [7, 11) is 0. The second kappa shape index (κ2) is 6.41. The van der Waals surface area contributed by atoms with Gasteiger partial charge in [0.1, 0.15) is 0 Å². The zero-order chi connectivity index (χ0) is 18.3. The van der Waals surface area contributed by atoms with E-state index >= 15 is 0 Å². The summed E-state index contributed by atoms with van der Waals surface area (Å²) in [6.45, 7) is 6.66. The van der Waals surface area contributed by atoms with Gasteiger partial charge in [-0.25, -0.2) is 0 Å². The molecule has 0 aliphatic carbocycles. The van der Waals surface area contributed by atoms with E-state index in [1.54, 1.807) is 0 Å². The van der Waals surface area contributed by atoms with Crippen molar-refractivity contribution in [2.45, 2.75) is 33.1 Å². The van der Waals surface area contributed by atoms with Crippen molar-refractivity contribution in [3.05, 3.63) is 65.0 Å². The topological polar surface area (TPSA) is 59.2 Å². The number of carbonyl (C=O) groups is 1. The lowest BCUT2D eigenvalue weighted by Crippen LogP contribution is -2.26. The standard InChI is InChI=1S/C21H21N3O2/c1-13-7-4-5-10-17(13)20-22-21(26-23-20)16-11-18(25)24(12-16)19-14(2)8-6-9-15(19)3/h4-10,16H,11-12H2,1-3H3. The highest BCUT2D eigenvalue weighted by atomic mass is 16.5. The van der Waals surface area contributed by atoms with Gasteiger partial charge in [-0.3, -0.25) is 4.79 Å². The summed E-state index contributed by atoms with van der Waals surface area (Å²) in [5, 5.41) is 4.13. The summed E-state index contributed by atoms with van der Waals surface area (Å²) < 4.78 is 5.51. The van der Waals surface area contributed by atoms with Crippen molar-refractivity contribution in [3.8, 4) is 11.4 Å². The van der Waals surface area contributed by atoms with Gasteiger partial charge in [0.2, 0.25) is 17.6 Å². The average Bonchev–Trinajstić information content (AvgIpc) is 3.23. The summed E-state index contributed by atoms with van der Waals surface area (Å²) in [6, 6.07) is 14.0. The third kappa shape index (κ3) is 2.79. The van der Waals surface area contributed by atoms with Gasteiger partial charge in [0.15, 0.2) is 0 Å². The molecule has 2 aromatic carbocycles. The van der Waals surface area contributed by atoms with E-state index in [1.807, 2.05) is 68.1 Å². The van der Waals surface area contributed by atoms with Gasteiger partial charge >= 0.3 is 0 Å². The largest absolute Gasteiger partial charge is 0.339 e. The highest BCUT2D eigenvalue weighted by molar-refractivity contribution is 5.97. The van der Waals surface area contributed by atoms with Crippen molar-refractivity contribution >= 4 is 11.6 Å². The van der Waals surface area contributed by atoms with Crippen LogP contribution in [-0.2, 0) is 4.79 Å². The number of carbonyl (C=O) groups excluding carboxylic acids is 1. The number of aromatic nitrogens is 2. The monoisotopic (exact) mass is 347 g/mol. The summed E-state index contributed by atoms with van der Waals surface area (Å²) in [5.41, 5.74) is 5.26. The van der Waals surface area contributed by atoms with Gasteiger partial charge in [-0.15, -0.1) is 0 Å². The van der Waals surface area contributed by atoms with Crippen LogP contribution in [0, 0.1) is 20.8 Å². The first-order valence-corrected chi connectivity index (χ1v) is 8.81. The number of amides is 1. The number of nitrogens with zero attached hydrogens (tertiary/aromatic N) is 3. The number of benzene rings is 2. The molecule has 0 spiro atoms. The van der Waals surface area contributed by atoms with Crippen LogP contribution in [0.3, 0.4) is 0 Å². The van der Waals surface area contributed by atoms with E-state index in [-0.39, 0.29) is 11.8 Å². The van der Waals surface area contributed by atoms with E-state index in [0.29, 0.717) is 24.7 Å². The second-order valence-corrected chi connectivity index (χ2v) is 6.92. The normalized spacial score (nSPS) is 17.1. The molecule has 2 heterocycles. The van der Waals surface area contributed by atoms with E-state index in [9.17, 15) is 4.79 Å². The van der Waals surface area contributed by atoms with Gasteiger partial charge in [0.25, 0.3) is 0 Å². The Labute approximate surface area is 152 Å². The molecule has 26 heavy (non-hydrogen) atoms. The molecule has 5 nitrogen and oxygen atoms in total. The highest BCUT2D eigenvalue weighted by Gasteiger charge is 2.36. The van der Waals surface area contributed by atoms with Crippen molar-refractivity contribution in [2.24, 2.45) is 0 Å². The fraction of sp³-hybridized carbons (Fsp3) is 0.286. The molecule has 0 bridgehead atoms. The lowest BCUT2D eigenvalue weighted by atomic mass is 10.1. The van der Waals surface area contributed by atoms with Crippen molar-refractivity contribution in [1.29, 1.82) is 0 Å². The fourth-order valence-corrected chi connectivity index (χ4v) is 3.65. The average molecular weight is 347 g/mol. The summed E-state index contributed by atoms with van der Waals surface area (Å²) in [4.78, 5) is 19.1. The molecule has 1 saturated heterocycles. The summed E-state index contributed by atoms with van der Waals surface area (Å²) in [5.74, 6) is 1.14. The fourth-order valence-electron chi connectivity index (χ4n) is 3.65. The lowest BCUT2D eigenvalue weighted by Gasteiger charge is -2.21. The van der Waals surface area contributed by atoms with Crippen LogP contribution in [0.2, 0.25) is 0 Å². The van der Waals surface area contributed by atoms with Crippen LogP contribution in [-0.4, -0.2) is 22.6 Å². The van der Waals surface area contributed by atoms with Crippen LogP contribution in [0.5, 0.6) is 0 Å². The maximum atomic E-state index is 12.6. The van der Waals surface area contributed by atoms with Crippen LogP contribution >= 0.6 is 0 Å². The van der Waals surface area contributed by atoms with Crippen molar-refractivity contribution < 1.29 is 9.32 Å². The van der Waals surface area contributed by atoms with Crippen LogP contribution in [0.25, 0.3) is 11.4 Å². The third-order valence-corrected chi connectivity index (χ3v) is 5.01. The molecule has 132 valence electrons.